The lowest BCUT2D eigenvalue weighted by Gasteiger charge is -2.22. The van der Waals surface area contributed by atoms with E-state index in [0.29, 0.717) is 0 Å². The molecule has 5 nitrogen and oxygen atoms in total. The van der Waals surface area contributed by atoms with Crippen LogP contribution in [-0.2, 0) is 18.9 Å². The molecule has 0 aliphatic carbocycles. The summed E-state index contributed by atoms with van der Waals surface area (Å²) in [4.78, 5) is 1.24. The molecule has 0 aliphatic heterocycles. The molecule has 0 spiro atoms. The molecule has 21 heavy (non-hydrogen) atoms. The molecule has 2 heterocycles. The Bertz CT molecular complexity index is 593. The van der Waals surface area contributed by atoms with Crippen LogP contribution in [0.25, 0.3) is 0 Å². The minimum absolute atomic E-state index is 0.0123. The van der Waals surface area contributed by atoms with Crippen molar-refractivity contribution in [1.29, 1.82) is 0 Å². The number of hydrogen-bond acceptors (Lipinski definition) is 5. The molecule has 1 unspecified atom stereocenters. The van der Waals surface area contributed by atoms with Crippen molar-refractivity contribution in [2.45, 2.75) is 52.5 Å². The molecule has 1 atom stereocenters. The van der Waals surface area contributed by atoms with Crippen LogP contribution in [0.15, 0.2) is 6.07 Å². The molecule has 0 saturated carbocycles. The molecule has 0 aromatic carbocycles. The van der Waals surface area contributed by atoms with Gasteiger partial charge in [0.2, 0.25) is 0 Å². The van der Waals surface area contributed by atoms with Crippen molar-refractivity contribution >= 4 is 11.5 Å². The summed E-state index contributed by atoms with van der Waals surface area (Å²) in [6.07, 6.45) is 0.901. The summed E-state index contributed by atoms with van der Waals surface area (Å²) in [5, 5.41) is 12.4. The molecule has 0 aliphatic rings. The summed E-state index contributed by atoms with van der Waals surface area (Å²) in [6, 6.07) is 2.38. The van der Waals surface area contributed by atoms with Crippen LogP contribution in [0.2, 0.25) is 0 Å². The van der Waals surface area contributed by atoms with Gasteiger partial charge in [-0.15, -0.1) is 5.10 Å². The SMILES string of the molecule is CCNC(Cc1cc(C)nn1C)c1snnc1C(C)(C)C. The third kappa shape index (κ3) is 3.68. The average molecular weight is 307 g/mol. The molecule has 0 fully saturated rings. The van der Waals surface area contributed by atoms with Crippen molar-refractivity contribution in [3.05, 3.63) is 28.0 Å². The van der Waals surface area contributed by atoms with E-state index in [4.69, 9.17) is 0 Å². The van der Waals surface area contributed by atoms with Crippen LogP contribution in [0.1, 0.15) is 55.7 Å². The molecule has 2 aromatic rings. The second-order valence-corrected chi connectivity index (χ2v) is 7.24. The van der Waals surface area contributed by atoms with Gasteiger partial charge in [0.1, 0.15) is 0 Å². The van der Waals surface area contributed by atoms with E-state index >= 15 is 0 Å². The third-order valence-corrected chi connectivity index (χ3v) is 4.34. The Hall–Kier alpha value is -1.27. The molecule has 0 bridgehead atoms. The van der Waals surface area contributed by atoms with Crippen LogP contribution in [0.3, 0.4) is 0 Å². The Morgan fingerprint density at radius 2 is 2.10 bits per heavy atom. The summed E-state index contributed by atoms with van der Waals surface area (Å²) < 4.78 is 6.15. The van der Waals surface area contributed by atoms with Crippen LogP contribution < -0.4 is 5.32 Å². The predicted octanol–water partition coefficient (Wildman–Crippen LogP) is 2.77. The summed E-state index contributed by atoms with van der Waals surface area (Å²) in [6.45, 7) is 11.6. The summed E-state index contributed by atoms with van der Waals surface area (Å²) in [5.74, 6) is 0. The van der Waals surface area contributed by atoms with Gasteiger partial charge in [0, 0.05) is 24.6 Å². The van der Waals surface area contributed by atoms with Gasteiger partial charge >= 0.3 is 0 Å². The van der Waals surface area contributed by atoms with Gasteiger partial charge in [0.25, 0.3) is 0 Å². The van der Waals surface area contributed by atoms with E-state index in [9.17, 15) is 0 Å². The number of aromatic nitrogens is 4. The Labute approximate surface area is 130 Å². The van der Waals surface area contributed by atoms with Crippen molar-refractivity contribution in [3.63, 3.8) is 0 Å². The van der Waals surface area contributed by atoms with Crippen LogP contribution in [0.4, 0.5) is 0 Å². The maximum absolute atomic E-state index is 4.44. The Morgan fingerprint density at radius 3 is 2.62 bits per heavy atom. The molecule has 2 rings (SSSR count). The zero-order valence-electron chi connectivity index (χ0n) is 13.8. The smallest absolute Gasteiger partial charge is 0.0857 e. The number of aryl methyl sites for hydroxylation is 2. The molecule has 6 heteroatoms. The Kier molecular flexibility index (Phi) is 4.78. The lowest BCUT2D eigenvalue weighted by atomic mass is 9.89. The third-order valence-electron chi connectivity index (χ3n) is 3.50. The lowest BCUT2D eigenvalue weighted by molar-refractivity contribution is 0.504. The highest BCUT2D eigenvalue weighted by Crippen LogP contribution is 2.32. The van der Waals surface area contributed by atoms with Gasteiger partial charge in [-0.05, 0) is 31.1 Å². The standard InChI is InChI=1S/C15H25N5S/c1-7-16-12(9-11-8-10(2)18-20(11)6)13-14(15(3,4)5)17-19-21-13/h8,12,16H,7,9H2,1-6H3. The van der Waals surface area contributed by atoms with Crippen LogP contribution in [0, 0.1) is 6.92 Å². The van der Waals surface area contributed by atoms with Crippen molar-refractivity contribution in [2.75, 3.05) is 6.54 Å². The molecule has 0 amide bonds. The van der Waals surface area contributed by atoms with E-state index in [0.717, 1.165) is 24.4 Å². The first-order valence-corrected chi connectivity index (χ1v) is 8.16. The van der Waals surface area contributed by atoms with Crippen LogP contribution in [0.5, 0.6) is 0 Å². The minimum atomic E-state index is 0.0123. The molecule has 0 radical (unpaired) electrons. The highest BCUT2D eigenvalue weighted by atomic mass is 32.1. The summed E-state index contributed by atoms with van der Waals surface area (Å²) in [5.41, 5.74) is 3.39. The van der Waals surface area contributed by atoms with Crippen molar-refractivity contribution < 1.29 is 0 Å². The van der Waals surface area contributed by atoms with Gasteiger partial charge in [-0.25, -0.2) is 0 Å². The number of likely N-dealkylation sites (N-methyl/N-ethyl adjacent to an activating group) is 1. The fourth-order valence-corrected chi connectivity index (χ4v) is 3.45. The van der Waals surface area contributed by atoms with Crippen LogP contribution >= 0.6 is 11.5 Å². The van der Waals surface area contributed by atoms with Gasteiger partial charge in [-0.1, -0.05) is 32.2 Å². The van der Waals surface area contributed by atoms with E-state index in [2.05, 4.69) is 53.8 Å². The van der Waals surface area contributed by atoms with E-state index in [1.165, 1.54) is 22.1 Å². The number of rotatable bonds is 5. The largest absolute Gasteiger partial charge is 0.309 e. The monoisotopic (exact) mass is 307 g/mol. The van der Waals surface area contributed by atoms with Gasteiger partial charge in [0.05, 0.1) is 22.3 Å². The number of hydrogen-bond donors (Lipinski definition) is 1. The summed E-state index contributed by atoms with van der Waals surface area (Å²) in [7, 11) is 2.00. The van der Waals surface area contributed by atoms with Crippen molar-refractivity contribution in [1.82, 2.24) is 24.7 Å². The van der Waals surface area contributed by atoms with Crippen molar-refractivity contribution in [3.8, 4) is 0 Å². The Balaban J connectivity index is 2.32. The predicted molar refractivity (Wildman–Crippen MR) is 86.7 cm³/mol. The molecule has 116 valence electrons. The average Bonchev–Trinajstić information content (AvgIpc) is 2.95. The molecule has 1 N–H and O–H groups in total. The van der Waals surface area contributed by atoms with E-state index in [1.54, 1.807) is 0 Å². The topological polar surface area (TPSA) is 55.6 Å². The second kappa shape index (κ2) is 6.23. The first-order valence-electron chi connectivity index (χ1n) is 7.38. The van der Waals surface area contributed by atoms with Crippen molar-refractivity contribution in [2.24, 2.45) is 7.05 Å². The minimum Gasteiger partial charge on any atom is -0.309 e. The van der Waals surface area contributed by atoms with Gasteiger partial charge in [-0.2, -0.15) is 5.10 Å². The highest BCUT2D eigenvalue weighted by molar-refractivity contribution is 7.05. The first-order chi connectivity index (χ1) is 9.82. The zero-order valence-corrected chi connectivity index (χ0v) is 14.6. The Morgan fingerprint density at radius 1 is 1.38 bits per heavy atom. The van der Waals surface area contributed by atoms with Gasteiger partial charge in [0.15, 0.2) is 0 Å². The molecule has 0 saturated heterocycles. The molecular weight excluding hydrogens is 282 g/mol. The number of nitrogens with zero attached hydrogens (tertiary/aromatic N) is 4. The van der Waals surface area contributed by atoms with Gasteiger partial charge < -0.3 is 5.32 Å². The number of nitrogens with one attached hydrogen (secondary N) is 1. The van der Waals surface area contributed by atoms with E-state index in [1.807, 2.05) is 18.7 Å². The fourth-order valence-electron chi connectivity index (χ4n) is 2.51. The maximum atomic E-state index is 4.44. The fraction of sp³-hybridized carbons (Fsp3) is 0.667. The first kappa shape index (κ1) is 16.1. The normalized spacial score (nSPS) is 13.6. The quantitative estimate of drug-likeness (QED) is 0.923. The summed E-state index contributed by atoms with van der Waals surface area (Å²) >= 11 is 1.50. The lowest BCUT2D eigenvalue weighted by Crippen LogP contribution is -2.26. The van der Waals surface area contributed by atoms with E-state index in [-0.39, 0.29) is 11.5 Å². The van der Waals surface area contributed by atoms with Gasteiger partial charge in [-0.3, -0.25) is 4.68 Å². The zero-order chi connectivity index (χ0) is 15.6. The van der Waals surface area contributed by atoms with E-state index < -0.39 is 0 Å². The molecule has 2 aromatic heterocycles. The molecular formula is C15H25N5S. The van der Waals surface area contributed by atoms with Crippen LogP contribution in [-0.4, -0.2) is 25.9 Å². The highest BCUT2D eigenvalue weighted by Gasteiger charge is 2.27. The maximum Gasteiger partial charge on any atom is 0.0857 e. The second-order valence-electron chi connectivity index (χ2n) is 6.45.